The maximum Gasteiger partial charge on any atom is 0.434 e. The Kier molecular flexibility index (Phi) is 7.22. The van der Waals surface area contributed by atoms with E-state index in [-0.39, 0.29) is 30.4 Å². The fraction of sp³-hybridized carbons (Fsp3) is 0.318. The zero-order valence-electron chi connectivity index (χ0n) is 18.2. The molecule has 0 spiro atoms. The third-order valence-electron chi connectivity index (χ3n) is 4.86. The van der Waals surface area contributed by atoms with Gasteiger partial charge in [0.2, 0.25) is 0 Å². The summed E-state index contributed by atoms with van der Waals surface area (Å²) in [7, 11) is 3.70. The Hall–Kier alpha value is -3.60. The maximum atomic E-state index is 13.6. The number of aromatic nitrogens is 2. The zero-order chi connectivity index (χ0) is 24.2. The number of hydrogen-bond acceptors (Lipinski definition) is 6. The second-order valence-corrected chi connectivity index (χ2v) is 7.29. The van der Waals surface area contributed by atoms with Crippen LogP contribution in [0.15, 0.2) is 53.3 Å². The summed E-state index contributed by atoms with van der Waals surface area (Å²) in [6, 6.07) is 8.78. The standard InChI is InChI=1S/C22H23F3N4O4/c1-4-32-21(31)16-12-27-29(19(16)22(23,24)25)15-9-7-14(8-10-15)20(30)26-13-17(28(2)3)18-6-5-11-33-18/h5-12,17H,4,13H2,1-3H3,(H,26,30). The van der Waals surface area contributed by atoms with Crippen LogP contribution in [0.3, 0.4) is 0 Å². The number of nitrogens with zero attached hydrogens (tertiary/aromatic N) is 3. The summed E-state index contributed by atoms with van der Waals surface area (Å²) >= 11 is 0. The summed E-state index contributed by atoms with van der Waals surface area (Å²) < 4.78 is 51.7. The lowest BCUT2D eigenvalue weighted by Gasteiger charge is -2.22. The van der Waals surface area contributed by atoms with Gasteiger partial charge in [0.15, 0.2) is 5.69 Å². The molecule has 11 heteroatoms. The number of nitrogens with one attached hydrogen (secondary N) is 1. The van der Waals surface area contributed by atoms with Crippen molar-refractivity contribution in [3.05, 3.63) is 71.4 Å². The van der Waals surface area contributed by atoms with Crippen molar-refractivity contribution in [3.63, 3.8) is 0 Å². The van der Waals surface area contributed by atoms with Crippen molar-refractivity contribution in [1.29, 1.82) is 0 Å². The minimum atomic E-state index is -4.85. The molecule has 0 fully saturated rings. The quantitative estimate of drug-likeness (QED) is 0.512. The van der Waals surface area contributed by atoms with Gasteiger partial charge in [-0.05, 0) is 57.4 Å². The summed E-state index contributed by atoms with van der Waals surface area (Å²) in [5.41, 5.74) is -1.64. The van der Waals surface area contributed by atoms with Crippen LogP contribution in [0.2, 0.25) is 0 Å². The molecule has 0 saturated heterocycles. The Morgan fingerprint density at radius 2 is 1.91 bits per heavy atom. The molecule has 0 aliphatic carbocycles. The number of rotatable bonds is 8. The molecular formula is C22H23F3N4O4. The topological polar surface area (TPSA) is 89.6 Å². The minimum Gasteiger partial charge on any atom is -0.468 e. The van der Waals surface area contributed by atoms with Crippen LogP contribution in [0.25, 0.3) is 5.69 Å². The fourth-order valence-electron chi connectivity index (χ4n) is 3.24. The number of carbonyl (C=O) groups excluding carboxylic acids is 2. The number of carbonyl (C=O) groups is 2. The number of ether oxygens (including phenoxy) is 1. The highest BCUT2D eigenvalue weighted by molar-refractivity contribution is 5.94. The molecule has 0 radical (unpaired) electrons. The second kappa shape index (κ2) is 9.90. The summed E-state index contributed by atoms with van der Waals surface area (Å²) in [6.07, 6.45) is -2.48. The van der Waals surface area contributed by atoms with Crippen molar-refractivity contribution in [1.82, 2.24) is 20.0 Å². The molecule has 1 atom stereocenters. The SMILES string of the molecule is CCOC(=O)c1cnn(-c2ccc(C(=O)NCC(c3ccco3)N(C)C)cc2)c1C(F)(F)F. The molecule has 1 aromatic carbocycles. The molecule has 3 rings (SSSR count). The van der Waals surface area contributed by atoms with Crippen molar-refractivity contribution in [2.45, 2.75) is 19.1 Å². The van der Waals surface area contributed by atoms with E-state index in [9.17, 15) is 22.8 Å². The molecule has 1 N–H and O–H groups in total. The minimum absolute atomic E-state index is 0.0381. The van der Waals surface area contributed by atoms with Crippen molar-refractivity contribution in [2.24, 2.45) is 0 Å². The summed E-state index contributed by atoms with van der Waals surface area (Å²) in [5.74, 6) is -0.825. The lowest BCUT2D eigenvalue weighted by Crippen LogP contribution is -2.34. The molecule has 2 heterocycles. The van der Waals surface area contributed by atoms with Crippen molar-refractivity contribution in [3.8, 4) is 5.69 Å². The number of halogens is 3. The van der Waals surface area contributed by atoms with Gasteiger partial charge in [0, 0.05) is 12.1 Å². The molecule has 33 heavy (non-hydrogen) atoms. The van der Waals surface area contributed by atoms with Gasteiger partial charge in [-0.15, -0.1) is 0 Å². The number of amides is 1. The third kappa shape index (κ3) is 5.43. The van der Waals surface area contributed by atoms with Crippen molar-refractivity contribution >= 4 is 11.9 Å². The van der Waals surface area contributed by atoms with Gasteiger partial charge >= 0.3 is 12.1 Å². The highest BCUT2D eigenvalue weighted by atomic mass is 19.4. The summed E-state index contributed by atoms with van der Waals surface area (Å²) in [4.78, 5) is 26.4. The average Bonchev–Trinajstić information content (AvgIpc) is 3.44. The lowest BCUT2D eigenvalue weighted by atomic mass is 10.1. The van der Waals surface area contributed by atoms with Crippen LogP contribution in [0.1, 0.15) is 45.1 Å². The first-order chi connectivity index (χ1) is 15.6. The first-order valence-electron chi connectivity index (χ1n) is 10.0. The second-order valence-electron chi connectivity index (χ2n) is 7.29. The normalized spacial score (nSPS) is 12.6. The van der Waals surface area contributed by atoms with Crippen LogP contribution in [-0.4, -0.2) is 53.8 Å². The van der Waals surface area contributed by atoms with E-state index in [0.717, 1.165) is 6.20 Å². The van der Waals surface area contributed by atoms with Crippen molar-refractivity contribution in [2.75, 3.05) is 27.2 Å². The van der Waals surface area contributed by atoms with Gasteiger partial charge in [-0.25, -0.2) is 9.48 Å². The van der Waals surface area contributed by atoms with Gasteiger partial charge in [0.25, 0.3) is 5.91 Å². The smallest absolute Gasteiger partial charge is 0.434 e. The maximum absolute atomic E-state index is 13.6. The molecule has 176 valence electrons. The Labute approximate surface area is 187 Å². The first-order valence-corrected chi connectivity index (χ1v) is 10.0. The van der Waals surface area contributed by atoms with E-state index < -0.39 is 29.3 Å². The van der Waals surface area contributed by atoms with Gasteiger partial charge in [-0.3, -0.25) is 9.69 Å². The van der Waals surface area contributed by atoms with E-state index >= 15 is 0 Å². The van der Waals surface area contributed by atoms with E-state index in [2.05, 4.69) is 10.4 Å². The first kappa shape index (κ1) is 24.1. The number of likely N-dealkylation sites (N-methyl/N-ethyl adjacent to an activating group) is 1. The third-order valence-corrected chi connectivity index (χ3v) is 4.86. The van der Waals surface area contributed by atoms with Gasteiger partial charge in [-0.1, -0.05) is 0 Å². The number of hydrogen-bond donors (Lipinski definition) is 1. The molecule has 1 amide bonds. The molecule has 3 aromatic rings. The molecule has 0 aliphatic heterocycles. The molecule has 2 aromatic heterocycles. The van der Waals surface area contributed by atoms with Crippen LogP contribution in [0.4, 0.5) is 13.2 Å². The van der Waals surface area contributed by atoms with Gasteiger partial charge in [-0.2, -0.15) is 18.3 Å². The highest BCUT2D eigenvalue weighted by Crippen LogP contribution is 2.34. The monoisotopic (exact) mass is 464 g/mol. The largest absolute Gasteiger partial charge is 0.468 e. The molecular weight excluding hydrogens is 441 g/mol. The predicted octanol–water partition coefficient (Wildman–Crippen LogP) is 3.69. The van der Waals surface area contributed by atoms with Crippen LogP contribution in [0.5, 0.6) is 0 Å². The number of alkyl halides is 3. The van der Waals surface area contributed by atoms with Crippen LogP contribution in [0, 0.1) is 0 Å². The van der Waals surface area contributed by atoms with E-state index in [1.165, 1.54) is 31.2 Å². The average molecular weight is 464 g/mol. The van der Waals surface area contributed by atoms with E-state index in [4.69, 9.17) is 9.15 Å². The Balaban J connectivity index is 1.79. The highest BCUT2D eigenvalue weighted by Gasteiger charge is 2.41. The fourth-order valence-corrected chi connectivity index (χ4v) is 3.24. The Bertz CT molecular complexity index is 1090. The number of benzene rings is 1. The number of esters is 1. The van der Waals surface area contributed by atoms with Crippen molar-refractivity contribution < 1.29 is 31.9 Å². The van der Waals surface area contributed by atoms with E-state index in [1.54, 1.807) is 18.4 Å². The van der Waals surface area contributed by atoms with Gasteiger partial charge < -0.3 is 14.5 Å². The number of furan rings is 1. The predicted molar refractivity (Wildman–Crippen MR) is 112 cm³/mol. The van der Waals surface area contributed by atoms with E-state index in [0.29, 0.717) is 10.4 Å². The van der Waals surface area contributed by atoms with E-state index in [1.807, 2.05) is 19.0 Å². The lowest BCUT2D eigenvalue weighted by molar-refractivity contribution is -0.143. The molecule has 8 nitrogen and oxygen atoms in total. The van der Waals surface area contributed by atoms with Gasteiger partial charge in [0.1, 0.15) is 11.3 Å². The van der Waals surface area contributed by atoms with Crippen LogP contribution < -0.4 is 5.32 Å². The molecule has 0 aliphatic rings. The Morgan fingerprint density at radius 1 is 1.21 bits per heavy atom. The molecule has 1 unspecified atom stereocenters. The van der Waals surface area contributed by atoms with Crippen LogP contribution in [-0.2, 0) is 10.9 Å². The summed E-state index contributed by atoms with van der Waals surface area (Å²) in [6.45, 7) is 1.69. The zero-order valence-corrected chi connectivity index (χ0v) is 18.2. The summed E-state index contributed by atoms with van der Waals surface area (Å²) in [5, 5.41) is 6.51. The molecule has 0 bridgehead atoms. The molecule has 0 saturated carbocycles. The Morgan fingerprint density at radius 3 is 2.45 bits per heavy atom. The van der Waals surface area contributed by atoms with Crippen LogP contribution >= 0.6 is 0 Å². The van der Waals surface area contributed by atoms with Gasteiger partial charge in [0.05, 0.1) is 30.8 Å².